The standard InChI is InChI=1S/C11H19N5O2/c1-12-8-5-10(15-9(14-8)7-18-4)16(3)6-11(17)13-2/h5H,6-7H2,1-4H3,(H,13,17)(H,12,14,15). The van der Waals surface area contributed by atoms with Crippen molar-refractivity contribution in [3.05, 3.63) is 11.9 Å². The van der Waals surface area contributed by atoms with Crippen LogP contribution < -0.4 is 15.5 Å². The summed E-state index contributed by atoms with van der Waals surface area (Å²) in [5.74, 6) is 1.86. The van der Waals surface area contributed by atoms with Gasteiger partial charge in [-0.05, 0) is 0 Å². The molecule has 0 aliphatic heterocycles. The van der Waals surface area contributed by atoms with E-state index >= 15 is 0 Å². The van der Waals surface area contributed by atoms with Crippen LogP contribution in [-0.4, -0.2) is 50.7 Å². The minimum absolute atomic E-state index is 0.0737. The molecule has 0 atom stereocenters. The van der Waals surface area contributed by atoms with Crippen LogP contribution in [0, 0.1) is 0 Å². The highest BCUT2D eigenvalue weighted by atomic mass is 16.5. The molecule has 1 heterocycles. The van der Waals surface area contributed by atoms with E-state index in [-0.39, 0.29) is 12.5 Å². The summed E-state index contributed by atoms with van der Waals surface area (Å²) in [6.07, 6.45) is 0. The summed E-state index contributed by atoms with van der Waals surface area (Å²) < 4.78 is 5.01. The van der Waals surface area contributed by atoms with E-state index in [1.54, 1.807) is 39.2 Å². The molecule has 0 saturated heterocycles. The van der Waals surface area contributed by atoms with Crippen LogP contribution in [0.5, 0.6) is 0 Å². The first-order valence-corrected chi connectivity index (χ1v) is 5.57. The summed E-state index contributed by atoms with van der Waals surface area (Å²) in [6.45, 7) is 0.569. The van der Waals surface area contributed by atoms with Gasteiger partial charge < -0.3 is 20.3 Å². The zero-order valence-electron chi connectivity index (χ0n) is 11.1. The average Bonchev–Trinajstić information content (AvgIpc) is 2.38. The third-order valence-electron chi connectivity index (χ3n) is 2.34. The van der Waals surface area contributed by atoms with Crippen molar-refractivity contribution in [1.29, 1.82) is 0 Å². The zero-order chi connectivity index (χ0) is 13.5. The molecule has 1 amide bonds. The van der Waals surface area contributed by atoms with Crippen LogP contribution in [-0.2, 0) is 16.1 Å². The molecule has 7 heteroatoms. The van der Waals surface area contributed by atoms with Gasteiger partial charge in [0.2, 0.25) is 5.91 Å². The monoisotopic (exact) mass is 253 g/mol. The number of aromatic nitrogens is 2. The molecule has 0 spiro atoms. The van der Waals surface area contributed by atoms with Gasteiger partial charge in [-0.2, -0.15) is 0 Å². The minimum atomic E-state index is -0.0737. The van der Waals surface area contributed by atoms with Gasteiger partial charge in [0.15, 0.2) is 5.82 Å². The van der Waals surface area contributed by atoms with E-state index in [9.17, 15) is 4.79 Å². The van der Waals surface area contributed by atoms with Crippen molar-refractivity contribution in [2.75, 3.05) is 45.0 Å². The Morgan fingerprint density at radius 1 is 1.44 bits per heavy atom. The number of hydrogen-bond donors (Lipinski definition) is 2. The van der Waals surface area contributed by atoms with Gasteiger partial charge in [-0.25, -0.2) is 9.97 Å². The smallest absolute Gasteiger partial charge is 0.239 e. The SMILES string of the molecule is CNC(=O)CN(C)c1cc(NC)nc(COC)n1. The largest absolute Gasteiger partial charge is 0.377 e. The minimum Gasteiger partial charge on any atom is -0.377 e. The van der Waals surface area contributed by atoms with Crippen molar-refractivity contribution in [2.24, 2.45) is 0 Å². The Labute approximate surface area is 107 Å². The van der Waals surface area contributed by atoms with Gasteiger partial charge in [-0.1, -0.05) is 0 Å². The second kappa shape index (κ2) is 6.75. The highest BCUT2D eigenvalue weighted by Crippen LogP contribution is 2.14. The molecule has 0 aromatic carbocycles. The van der Waals surface area contributed by atoms with Crippen LogP contribution in [0.25, 0.3) is 0 Å². The molecule has 18 heavy (non-hydrogen) atoms. The summed E-state index contributed by atoms with van der Waals surface area (Å²) in [5.41, 5.74) is 0. The van der Waals surface area contributed by atoms with E-state index in [1.165, 1.54) is 0 Å². The second-order valence-electron chi connectivity index (χ2n) is 3.74. The maximum Gasteiger partial charge on any atom is 0.239 e. The fourth-order valence-corrected chi connectivity index (χ4v) is 1.38. The molecule has 0 aliphatic rings. The number of methoxy groups -OCH3 is 1. The Morgan fingerprint density at radius 2 is 2.17 bits per heavy atom. The van der Waals surface area contributed by atoms with Crippen LogP contribution in [0.15, 0.2) is 6.07 Å². The Hall–Kier alpha value is -1.89. The van der Waals surface area contributed by atoms with Crippen molar-refractivity contribution in [1.82, 2.24) is 15.3 Å². The molecule has 0 fully saturated rings. The van der Waals surface area contributed by atoms with E-state index in [0.29, 0.717) is 24.1 Å². The number of carbonyl (C=O) groups is 1. The Balaban J connectivity index is 2.92. The third kappa shape index (κ3) is 3.85. The van der Waals surface area contributed by atoms with Crippen molar-refractivity contribution in [3.63, 3.8) is 0 Å². The summed E-state index contributed by atoms with van der Waals surface area (Å²) in [6, 6.07) is 1.78. The van der Waals surface area contributed by atoms with E-state index in [1.807, 2.05) is 0 Å². The normalized spacial score (nSPS) is 10.0. The Bertz CT molecular complexity index is 410. The number of nitrogens with one attached hydrogen (secondary N) is 2. The Morgan fingerprint density at radius 3 is 2.72 bits per heavy atom. The predicted molar refractivity (Wildman–Crippen MR) is 69.6 cm³/mol. The summed E-state index contributed by atoms with van der Waals surface area (Å²) in [5, 5.41) is 5.52. The van der Waals surface area contributed by atoms with Crippen molar-refractivity contribution in [2.45, 2.75) is 6.61 Å². The van der Waals surface area contributed by atoms with Gasteiger partial charge in [-0.15, -0.1) is 0 Å². The maximum atomic E-state index is 11.3. The molecule has 100 valence electrons. The highest BCUT2D eigenvalue weighted by Gasteiger charge is 2.10. The van der Waals surface area contributed by atoms with Gasteiger partial charge >= 0.3 is 0 Å². The highest BCUT2D eigenvalue weighted by molar-refractivity contribution is 5.80. The topological polar surface area (TPSA) is 79.4 Å². The molecule has 7 nitrogen and oxygen atoms in total. The number of anilines is 2. The molecule has 0 aliphatic carbocycles. The van der Waals surface area contributed by atoms with Gasteiger partial charge in [0.1, 0.15) is 18.2 Å². The van der Waals surface area contributed by atoms with Crippen LogP contribution in [0.2, 0.25) is 0 Å². The lowest BCUT2D eigenvalue weighted by atomic mass is 10.4. The molecule has 0 bridgehead atoms. The number of likely N-dealkylation sites (N-methyl/N-ethyl adjacent to an activating group) is 2. The van der Waals surface area contributed by atoms with Crippen molar-refractivity contribution in [3.8, 4) is 0 Å². The summed E-state index contributed by atoms with van der Waals surface area (Å²) in [4.78, 5) is 21.7. The molecule has 2 N–H and O–H groups in total. The van der Waals surface area contributed by atoms with Gasteiger partial charge in [-0.3, -0.25) is 4.79 Å². The number of rotatable bonds is 6. The third-order valence-corrected chi connectivity index (χ3v) is 2.34. The summed E-state index contributed by atoms with van der Waals surface area (Å²) >= 11 is 0. The molecule has 1 rings (SSSR count). The lowest BCUT2D eigenvalue weighted by molar-refractivity contribution is -0.119. The fraction of sp³-hybridized carbons (Fsp3) is 0.545. The number of amides is 1. The summed E-state index contributed by atoms with van der Waals surface area (Å²) in [7, 11) is 6.77. The molecular weight excluding hydrogens is 234 g/mol. The maximum absolute atomic E-state index is 11.3. The average molecular weight is 253 g/mol. The van der Waals surface area contributed by atoms with Gasteiger partial charge in [0.05, 0.1) is 6.54 Å². The van der Waals surface area contributed by atoms with E-state index in [0.717, 1.165) is 0 Å². The molecule has 1 aromatic rings. The molecule has 1 aromatic heterocycles. The lowest BCUT2D eigenvalue weighted by Crippen LogP contribution is -2.33. The number of ether oxygens (including phenoxy) is 1. The van der Waals surface area contributed by atoms with Crippen molar-refractivity contribution < 1.29 is 9.53 Å². The predicted octanol–water partition coefficient (Wildman–Crippen LogP) is -0.153. The second-order valence-corrected chi connectivity index (χ2v) is 3.74. The zero-order valence-corrected chi connectivity index (χ0v) is 11.1. The van der Waals surface area contributed by atoms with Crippen LogP contribution in [0.1, 0.15) is 5.82 Å². The van der Waals surface area contributed by atoms with Crippen LogP contribution >= 0.6 is 0 Å². The quantitative estimate of drug-likeness (QED) is 0.734. The van der Waals surface area contributed by atoms with Crippen molar-refractivity contribution >= 4 is 17.5 Å². The van der Waals surface area contributed by atoms with E-state index in [4.69, 9.17) is 4.74 Å². The fourth-order valence-electron chi connectivity index (χ4n) is 1.38. The van der Waals surface area contributed by atoms with Crippen LogP contribution in [0.4, 0.5) is 11.6 Å². The molecular formula is C11H19N5O2. The first-order chi connectivity index (χ1) is 8.60. The molecule has 0 saturated carbocycles. The van der Waals surface area contributed by atoms with E-state index < -0.39 is 0 Å². The van der Waals surface area contributed by atoms with Crippen LogP contribution in [0.3, 0.4) is 0 Å². The lowest BCUT2D eigenvalue weighted by Gasteiger charge is -2.18. The Kier molecular flexibility index (Phi) is 5.31. The number of nitrogens with zero attached hydrogens (tertiary/aromatic N) is 3. The van der Waals surface area contributed by atoms with Gasteiger partial charge in [0, 0.05) is 34.3 Å². The molecule has 0 unspecified atom stereocenters. The first kappa shape index (κ1) is 14.2. The number of hydrogen-bond acceptors (Lipinski definition) is 6. The number of carbonyl (C=O) groups excluding carboxylic acids is 1. The van der Waals surface area contributed by atoms with E-state index in [2.05, 4.69) is 20.6 Å². The molecule has 0 radical (unpaired) electrons. The van der Waals surface area contributed by atoms with Gasteiger partial charge in [0.25, 0.3) is 0 Å². The first-order valence-electron chi connectivity index (χ1n) is 5.57.